The SMILES string of the molecule is Cc1cc(I)ccc1NCC(=O)N/N=C/c1ccc(N(C)C)cc1. The number of hydrazone groups is 1. The minimum atomic E-state index is -0.186. The van der Waals surface area contributed by atoms with Crippen molar-refractivity contribution in [2.24, 2.45) is 5.10 Å². The Kier molecular flexibility index (Phi) is 6.60. The van der Waals surface area contributed by atoms with Crippen molar-refractivity contribution in [2.75, 3.05) is 30.9 Å². The molecule has 0 bridgehead atoms. The minimum absolute atomic E-state index is 0.179. The summed E-state index contributed by atoms with van der Waals surface area (Å²) in [5, 5.41) is 7.10. The topological polar surface area (TPSA) is 56.7 Å². The van der Waals surface area contributed by atoms with Crippen LogP contribution in [0.2, 0.25) is 0 Å². The van der Waals surface area contributed by atoms with E-state index in [0.717, 1.165) is 22.5 Å². The number of hydrogen-bond donors (Lipinski definition) is 2. The third-order valence-electron chi connectivity index (χ3n) is 3.44. The van der Waals surface area contributed by atoms with E-state index in [9.17, 15) is 4.79 Å². The molecule has 6 heteroatoms. The van der Waals surface area contributed by atoms with Gasteiger partial charge < -0.3 is 10.2 Å². The molecule has 0 atom stereocenters. The summed E-state index contributed by atoms with van der Waals surface area (Å²) in [6, 6.07) is 14.0. The highest BCUT2D eigenvalue weighted by Gasteiger charge is 2.02. The van der Waals surface area contributed by atoms with E-state index < -0.39 is 0 Å². The summed E-state index contributed by atoms with van der Waals surface area (Å²) in [5.41, 5.74) is 6.64. The number of aryl methyl sites for hydroxylation is 1. The van der Waals surface area contributed by atoms with E-state index >= 15 is 0 Å². The molecule has 0 saturated carbocycles. The van der Waals surface area contributed by atoms with Gasteiger partial charge in [0.25, 0.3) is 5.91 Å². The molecule has 2 aromatic carbocycles. The lowest BCUT2D eigenvalue weighted by Crippen LogP contribution is -2.26. The minimum Gasteiger partial charge on any atom is -0.378 e. The standard InChI is InChI=1S/C18H21IN4O/c1-13-10-15(19)6-9-17(13)20-12-18(24)22-21-11-14-4-7-16(8-5-14)23(2)3/h4-11,20H,12H2,1-3H3,(H,22,24)/b21-11+. The molecule has 2 rings (SSSR count). The van der Waals surface area contributed by atoms with Gasteiger partial charge in [-0.15, -0.1) is 0 Å². The lowest BCUT2D eigenvalue weighted by Gasteiger charge is -2.11. The van der Waals surface area contributed by atoms with E-state index in [1.165, 1.54) is 3.57 Å². The average molecular weight is 436 g/mol. The molecule has 0 aliphatic carbocycles. The summed E-state index contributed by atoms with van der Waals surface area (Å²) in [5.74, 6) is -0.186. The molecule has 0 aromatic heterocycles. The Labute approximate surface area is 156 Å². The Morgan fingerprint density at radius 1 is 1.21 bits per heavy atom. The van der Waals surface area contributed by atoms with Gasteiger partial charge in [-0.2, -0.15) is 5.10 Å². The molecule has 0 aliphatic heterocycles. The molecule has 0 aliphatic rings. The summed E-state index contributed by atoms with van der Waals surface area (Å²) in [4.78, 5) is 13.9. The average Bonchev–Trinajstić information content (AvgIpc) is 2.54. The van der Waals surface area contributed by atoms with Gasteiger partial charge in [0, 0.05) is 29.0 Å². The third kappa shape index (κ3) is 5.52. The van der Waals surface area contributed by atoms with Gasteiger partial charge in [0.2, 0.25) is 0 Å². The molecular weight excluding hydrogens is 415 g/mol. The molecule has 5 nitrogen and oxygen atoms in total. The largest absolute Gasteiger partial charge is 0.378 e. The normalized spacial score (nSPS) is 10.7. The Morgan fingerprint density at radius 2 is 1.92 bits per heavy atom. The van der Waals surface area contributed by atoms with Gasteiger partial charge in [-0.25, -0.2) is 5.43 Å². The zero-order valence-electron chi connectivity index (χ0n) is 14.0. The molecule has 0 fully saturated rings. The van der Waals surface area contributed by atoms with Crippen LogP contribution in [0.5, 0.6) is 0 Å². The predicted molar refractivity (Wildman–Crippen MR) is 109 cm³/mol. The van der Waals surface area contributed by atoms with Crippen LogP contribution < -0.4 is 15.6 Å². The number of halogens is 1. The van der Waals surface area contributed by atoms with Crippen molar-refractivity contribution in [1.82, 2.24) is 5.43 Å². The van der Waals surface area contributed by atoms with Crippen LogP contribution in [0.4, 0.5) is 11.4 Å². The number of nitrogens with one attached hydrogen (secondary N) is 2. The van der Waals surface area contributed by atoms with E-state index in [-0.39, 0.29) is 12.5 Å². The Bertz CT molecular complexity index is 726. The number of carbonyl (C=O) groups is 1. The second-order valence-electron chi connectivity index (χ2n) is 5.59. The highest BCUT2D eigenvalue weighted by Crippen LogP contribution is 2.17. The van der Waals surface area contributed by atoms with Crippen molar-refractivity contribution in [3.05, 3.63) is 57.2 Å². The van der Waals surface area contributed by atoms with Crippen LogP contribution in [-0.2, 0) is 4.79 Å². The van der Waals surface area contributed by atoms with Gasteiger partial charge in [-0.3, -0.25) is 4.79 Å². The van der Waals surface area contributed by atoms with E-state index in [1.807, 2.05) is 62.3 Å². The lowest BCUT2D eigenvalue weighted by atomic mass is 10.2. The molecule has 24 heavy (non-hydrogen) atoms. The first-order valence-electron chi connectivity index (χ1n) is 7.55. The number of rotatable bonds is 6. The fourth-order valence-electron chi connectivity index (χ4n) is 2.08. The van der Waals surface area contributed by atoms with Crippen LogP contribution in [0.25, 0.3) is 0 Å². The van der Waals surface area contributed by atoms with Gasteiger partial charge in [0.05, 0.1) is 12.8 Å². The summed E-state index contributed by atoms with van der Waals surface area (Å²) >= 11 is 2.26. The second kappa shape index (κ2) is 8.68. The number of nitrogens with zero attached hydrogens (tertiary/aromatic N) is 2. The van der Waals surface area contributed by atoms with Crippen molar-refractivity contribution in [3.8, 4) is 0 Å². The number of anilines is 2. The number of amides is 1. The van der Waals surface area contributed by atoms with E-state index in [0.29, 0.717) is 0 Å². The maximum atomic E-state index is 11.8. The van der Waals surface area contributed by atoms with Gasteiger partial charge in [-0.05, 0) is 71.0 Å². The smallest absolute Gasteiger partial charge is 0.259 e. The van der Waals surface area contributed by atoms with Crippen LogP contribution in [0.3, 0.4) is 0 Å². The first kappa shape index (κ1) is 18.3. The van der Waals surface area contributed by atoms with Gasteiger partial charge in [0.15, 0.2) is 0 Å². The Hall–Kier alpha value is -2.09. The maximum absolute atomic E-state index is 11.8. The molecule has 0 heterocycles. The third-order valence-corrected chi connectivity index (χ3v) is 4.11. The summed E-state index contributed by atoms with van der Waals surface area (Å²) in [7, 11) is 3.98. The Morgan fingerprint density at radius 3 is 2.54 bits per heavy atom. The summed E-state index contributed by atoms with van der Waals surface area (Å²) in [6.07, 6.45) is 1.63. The predicted octanol–water partition coefficient (Wildman–Crippen LogP) is 3.23. The molecule has 0 saturated heterocycles. The van der Waals surface area contributed by atoms with Crippen LogP contribution in [-0.4, -0.2) is 32.8 Å². The van der Waals surface area contributed by atoms with Gasteiger partial charge >= 0.3 is 0 Å². The second-order valence-corrected chi connectivity index (χ2v) is 6.84. The Balaban J connectivity index is 1.82. The van der Waals surface area contributed by atoms with Crippen molar-refractivity contribution in [1.29, 1.82) is 0 Å². The first-order valence-corrected chi connectivity index (χ1v) is 8.63. The van der Waals surface area contributed by atoms with Crippen LogP contribution in [0.1, 0.15) is 11.1 Å². The molecule has 1 amide bonds. The van der Waals surface area contributed by atoms with Crippen LogP contribution in [0.15, 0.2) is 47.6 Å². The zero-order chi connectivity index (χ0) is 17.5. The highest BCUT2D eigenvalue weighted by atomic mass is 127. The fourth-order valence-corrected chi connectivity index (χ4v) is 2.72. The van der Waals surface area contributed by atoms with Crippen LogP contribution in [0, 0.1) is 10.5 Å². The lowest BCUT2D eigenvalue weighted by molar-refractivity contribution is -0.119. The molecule has 2 aromatic rings. The number of hydrogen-bond acceptors (Lipinski definition) is 4. The summed E-state index contributed by atoms with van der Waals surface area (Å²) in [6.45, 7) is 2.19. The zero-order valence-corrected chi connectivity index (χ0v) is 16.2. The van der Waals surface area contributed by atoms with Crippen molar-refractivity contribution in [2.45, 2.75) is 6.92 Å². The number of carbonyl (C=O) groups excluding carboxylic acids is 1. The van der Waals surface area contributed by atoms with Crippen molar-refractivity contribution in [3.63, 3.8) is 0 Å². The first-order chi connectivity index (χ1) is 11.5. The molecule has 0 spiro atoms. The van der Waals surface area contributed by atoms with Gasteiger partial charge in [-0.1, -0.05) is 12.1 Å². The molecule has 0 unspecified atom stereocenters. The molecule has 0 radical (unpaired) electrons. The molecule has 126 valence electrons. The summed E-state index contributed by atoms with van der Waals surface area (Å²) < 4.78 is 1.17. The molecule has 2 N–H and O–H groups in total. The monoisotopic (exact) mass is 436 g/mol. The van der Waals surface area contributed by atoms with Crippen molar-refractivity contribution >= 4 is 46.1 Å². The van der Waals surface area contributed by atoms with Crippen molar-refractivity contribution < 1.29 is 4.79 Å². The van der Waals surface area contributed by atoms with E-state index in [1.54, 1.807) is 6.21 Å². The van der Waals surface area contributed by atoms with E-state index in [2.05, 4.69) is 44.5 Å². The highest BCUT2D eigenvalue weighted by molar-refractivity contribution is 14.1. The molecular formula is C18H21IN4O. The van der Waals surface area contributed by atoms with Gasteiger partial charge in [0.1, 0.15) is 0 Å². The van der Waals surface area contributed by atoms with E-state index in [4.69, 9.17) is 0 Å². The fraction of sp³-hybridized carbons (Fsp3) is 0.222. The maximum Gasteiger partial charge on any atom is 0.259 e. The van der Waals surface area contributed by atoms with Crippen LogP contribution >= 0.6 is 22.6 Å². The number of benzene rings is 2. The quantitative estimate of drug-likeness (QED) is 0.416.